The fourth-order valence-corrected chi connectivity index (χ4v) is 3.96. The van der Waals surface area contributed by atoms with Crippen LogP contribution >= 0.6 is 0 Å². The molecule has 8 heteroatoms. The molecule has 3 aromatic rings. The highest BCUT2D eigenvalue weighted by atomic mass is 16.2. The molecule has 3 heterocycles. The Balaban J connectivity index is 1.54. The number of carbonyl (C=O) groups excluding carboxylic acids is 1. The standard InChI is InChI=1S/C19H25N7O/c1-11-18(13(3)25(4)24-11)15-9-16(23-22-15)19(27)21-17-10-20-26(12(17)2)14-7-5-6-8-14/h9-10,14H,5-8H2,1-4H3,(H,21,27)(H,22,23). The monoisotopic (exact) mass is 367 g/mol. The maximum absolute atomic E-state index is 12.7. The number of H-pyrrole nitrogens is 1. The molecule has 1 fully saturated rings. The van der Waals surface area contributed by atoms with E-state index in [0.717, 1.165) is 46.9 Å². The first-order chi connectivity index (χ1) is 13.0. The Bertz CT molecular complexity index is 988. The van der Waals surface area contributed by atoms with Crippen molar-refractivity contribution in [1.29, 1.82) is 0 Å². The summed E-state index contributed by atoms with van der Waals surface area (Å²) in [5.41, 5.74) is 5.74. The molecule has 0 saturated heterocycles. The number of carbonyl (C=O) groups is 1. The second-order valence-corrected chi connectivity index (χ2v) is 7.32. The molecule has 27 heavy (non-hydrogen) atoms. The van der Waals surface area contributed by atoms with Crippen LogP contribution in [0, 0.1) is 20.8 Å². The summed E-state index contributed by atoms with van der Waals surface area (Å²) in [4.78, 5) is 12.7. The van der Waals surface area contributed by atoms with E-state index in [2.05, 4.69) is 25.7 Å². The van der Waals surface area contributed by atoms with Gasteiger partial charge in [-0.05, 0) is 39.7 Å². The van der Waals surface area contributed by atoms with Crippen LogP contribution < -0.4 is 5.32 Å². The summed E-state index contributed by atoms with van der Waals surface area (Å²) >= 11 is 0. The minimum absolute atomic E-state index is 0.220. The minimum atomic E-state index is -0.220. The average molecular weight is 367 g/mol. The lowest BCUT2D eigenvalue weighted by Crippen LogP contribution is -2.14. The largest absolute Gasteiger partial charge is 0.318 e. The van der Waals surface area contributed by atoms with Crippen molar-refractivity contribution in [3.8, 4) is 11.3 Å². The van der Waals surface area contributed by atoms with Gasteiger partial charge in [-0.3, -0.25) is 19.3 Å². The average Bonchev–Trinajstić information content (AvgIpc) is 3.39. The smallest absolute Gasteiger partial charge is 0.273 e. The Kier molecular flexibility index (Phi) is 4.33. The number of hydrogen-bond donors (Lipinski definition) is 2. The van der Waals surface area contributed by atoms with E-state index in [-0.39, 0.29) is 5.91 Å². The fraction of sp³-hybridized carbons (Fsp3) is 0.474. The van der Waals surface area contributed by atoms with Gasteiger partial charge in [-0.1, -0.05) is 12.8 Å². The molecule has 1 aliphatic rings. The first kappa shape index (κ1) is 17.5. The summed E-state index contributed by atoms with van der Waals surface area (Å²) in [7, 11) is 1.90. The van der Waals surface area contributed by atoms with Crippen molar-refractivity contribution in [3.05, 3.63) is 35.0 Å². The number of amides is 1. The zero-order chi connectivity index (χ0) is 19.1. The summed E-state index contributed by atoms with van der Waals surface area (Å²) in [5.74, 6) is -0.220. The molecule has 2 N–H and O–H groups in total. The Morgan fingerprint density at radius 2 is 1.96 bits per heavy atom. The van der Waals surface area contributed by atoms with Crippen LogP contribution in [0.25, 0.3) is 11.3 Å². The molecular weight excluding hydrogens is 342 g/mol. The summed E-state index contributed by atoms with van der Waals surface area (Å²) in [6.45, 7) is 5.93. The van der Waals surface area contributed by atoms with Crippen LogP contribution in [0.15, 0.2) is 12.3 Å². The van der Waals surface area contributed by atoms with Crippen molar-refractivity contribution >= 4 is 11.6 Å². The third kappa shape index (κ3) is 3.05. The lowest BCUT2D eigenvalue weighted by Gasteiger charge is -2.12. The van der Waals surface area contributed by atoms with Gasteiger partial charge < -0.3 is 5.32 Å². The molecule has 0 aliphatic heterocycles. The number of rotatable bonds is 4. The Morgan fingerprint density at radius 3 is 2.63 bits per heavy atom. The van der Waals surface area contributed by atoms with Gasteiger partial charge in [0.25, 0.3) is 5.91 Å². The molecule has 0 aromatic carbocycles. The molecular formula is C19H25N7O. The molecule has 0 unspecified atom stereocenters. The molecule has 142 valence electrons. The van der Waals surface area contributed by atoms with Gasteiger partial charge in [0.05, 0.1) is 35.0 Å². The van der Waals surface area contributed by atoms with Crippen LogP contribution in [0.1, 0.15) is 59.3 Å². The van der Waals surface area contributed by atoms with E-state index in [0.29, 0.717) is 11.7 Å². The summed E-state index contributed by atoms with van der Waals surface area (Å²) in [6.07, 6.45) is 6.54. The third-order valence-corrected chi connectivity index (χ3v) is 5.55. The molecule has 3 aromatic heterocycles. The molecule has 0 atom stereocenters. The molecule has 1 amide bonds. The molecule has 0 spiro atoms. The van der Waals surface area contributed by atoms with Gasteiger partial charge in [0.2, 0.25) is 0 Å². The van der Waals surface area contributed by atoms with Crippen LogP contribution in [0.5, 0.6) is 0 Å². The molecule has 1 aliphatic carbocycles. The zero-order valence-corrected chi connectivity index (χ0v) is 16.2. The van der Waals surface area contributed by atoms with Gasteiger partial charge >= 0.3 is 0 Å². The first-order valence-corrected chi connectivity index (χ1v) is 9.37. The van der Waals surface area contributed by atoms with Crippen molar-refractivity contribution in [2.24, 2.45) is 7.05 Å². The van der Waals surface area contributed by atoms with E-state index in [1.165, 1.54) is 12.8 Å². The lowest BCUT2D eigenvalue weighted by molar-refractivity contribution is 0.102. The number of aromatic nitrogens is 6. The first-order valence-electron chi connectivity index (χ1n) is 9.37. The molecule has 8 nitrogen and oxygen atoms in total. The molecule has 4 rings (SSSR count). The van der Waals surface area contributed by atoms with Crippen LogP contribution in [-0.2, 0) is 7.05 Å². The topological polar surface area (TPSA) is 93.4 Å². The van der Waals surface area contributed by atoms with Crippen molar-refractivity contribution in [2.45, 2.75) is 52.5 Å². The van der Waals surface area contributed by atoms with E-state index in [1.54, 1.807) is 12.3 Å². The maximum Gasteiger partial charge on any atom is 0.273 e. The van der Waals surface area contributed by atoms with Crippen molar-refractivity contribution in [1.82, 2.24) is 29.8 Å². The second-order valence-electron chi connectivity index (χ2n) is 7.32. The van der Waals surface area contributed by atoms with Crippen LogP contribution in [0.3, 0.4) is 0 Å². The number of hydrogen-bond acceptors (Lipinski definition) is 4. The number of anilines is 1. The third-order valence-electron chi connectivity index (χ3n) is 5.55. The fourth-order valence-electron chi connectivity index (χ4n) is 3.96. The summed E-state index contributed by atoms with van der Waals surface area (Å²) in [5, 5.41) is 19.0. The summed E-state index contributed by atoms with van der Waals surface area (Å²) in [6, 6.07) is 2.22. The van der Waals surface area contributed by atoms with Gasteiger partial charge in [-0.2, -0.15) is 15.3 Å². The number of aryl methyl sites for hydroxylation is 2. The Morgan fingerprint density at radius 1 is 1.22 bits per heavy atom. The van der Waals surface area contributed by atoms with Crippen LogP contribution in [-0.4, -0.2) is 35.7 Å². The number of nitrogens with one attached hydrogen (secondary N) is 2. The highest BCUT2D eigenvalue weighted by Crippen LogP contribution is 2.31. The lowest BCUT2D eigenvalue weighted by atomic mass is 10.1. The summed E-state index contributed by atoms with van der Waals surface area (Å²) < 4.78 is 3.86. The molecule has 0 radical (unpaired) electrons. The molecule has 1 saturated carbocycles. The van der Waals surface area contributed by atoms with Crippen molar-refractivity contribution < 1.29 is 4.79 Å². The van der Waals surface area contributed by atoms with Crippen LogP contribution in [0.4, 0.5) is 5.69 Å². The Hall–Kier alpha value is -2.90. The quantitative estimate of drug-likeness (QED) is 0.740. The van der Waals surface area contributed by atoms with E-state index in [4.69, 9.17) is 0 Å². The normalized spacial score (nSPS) is 14.8. The van der Waals surface area contributed by atoms with Gasteiger partial charge in [0.1, 0.15) is 5.69 Å². The van der Waals surface area contributed by atoms with Gasteiger partial charge in [-0.15, -0.1) is 0 Å². The predicted octanol–water partition coefficient (Wildman–Crippen LogP) is 3.30. The van der Waals surface area contributed by atoms with E-state index in [9.17, 15) is 4.79 Å². The zero-order valence-electron chi connectivity index (χ0n) is 16.2. The van der Waals surface area contributed by atoms with Crippen LogP contribution in [0.2, 0.25) is 0 Å². The molecule has 0 bridgehead atoms. The predicted molar refractivity (Wildman–Crippen MR) is 103 cm³/mol. The number of nitrogens with zero attached hydrogens (tertiary/aromatic N) is 5. The van der Waals surface area contributed by atoms with Gasteiger partial charge in [-0.25, -0.2) is 0 Å². The maximum atomic E-state index is 12.7. The van der Waals surface area contributed by atoms with Crippen molar-refractivity contribution in [2.75, 3.05) is 5.32 Å². The number of aromatic amines is 1. The minimum Gasteiger partial charge on any atom is -0.318 e. The van der Waals surface area contributed by atoms with Crippen molar-refractivity contribution in [3.63, 3.8) is 0 Å². The highest BCUT2D eigenvalue weighted by molar-refractivity contribution is 6.03. The Labute approximate surface area is 158 Å². The second kappa shape index (κ2) is 6.68. The van der Waals surface area contributed by atoms with E-state index in [1.807, 2.05) is 37.2 Å². The van der Waals surface area contributed by atoms with E-state index >= 15 is 0 Å². The van der Waals surface area contributed by atoms with Gasteiger partial charge in [0, 0.05) is 18.3 Å². The highest BCUT2D eigenvalue weighted by Gasteiger charge is 2.22. The van der Waals surface area contributed by atoms with Gasteiger partial charge in [0.15, 0.2) is 0 Å². The van der Waals surface area contributed by atoms with E-state index < -0.39 is 0 Å². The SMILES string of the molecule is Cc1nn(C)c(C)c1-c1cc(C(=O)Nc2cnn(C3CCCC3)c2C)[nH]n1.